The molecule has 3 aromatic rings. The van der Waals surface area contributed by atoms with Gasteiger partial charge in [0.1, 0.15) is 11.6 Å². The van der Waals surface area contributed by atoms with Crippen LogP contribution in [-0.2, 0) is 15.8 Å². The smallest absolute Gasteiger partial charge is 0.125 e. The molecule has 5 rings (SSSR count). The average Bonchev–Trinajstić information content (AvgIpc) is 3.06. The van der Waals surface area contributed by atoms with E-state index < -0.39 is 11.2 Å². The number of aromatic nitrogens is 1. The lowest BCUT2D eigenvalue weighted by atomic mass is 9.68. The number of aromatic hydroxyl groups is 1. The molecule has 1 aromatic heterocycles. The normalized spacial score (nSPS) is 28.0. The first-order chi connectivity index (χ1) is 14.1. The van der Waals surface area contributed by atoms with Crippen LogP contribution in [0.4, 0.5) is 4.39 Å². The Balaban J connectivity index is 1.86. The van der Waals surface area contributed by atoms with Crippen molar-refractivity contribution >= 4 is 10.9 Å². The van der Waals surface area contributed by atoms with E-state index in [0.29, 0.717) is 32.3 Å². The second kappa shape index (κ2) is 6.32. The molecule has 2 aliphatic rings. The van der Waals surface area contributed by atoms with Crippen molar-refractivity contribution in [3.8, 4) is 11.4 Å². The maximum atomic E-state index is 13.7. The molecule has 1 spiro atoms. The number of phenolic OH excluding ortho intramolecular Hbond substituents is 1. The van der Waals surface area contributed by atoms with Gasteiger partial charge in [0, 0.05) is 27.7 Å². The van der Waals surface area contributed by atoms with E-state index in [1.54, 1.807) is 18.2 Å². The quantitative estimate of drug-likeness (QED) is 0.573. The Morgan fingerprint density at radius 1 is 0.967 bits per heavy atom. The van der Waals surface area contributed by atoms with E-state index in [4.69, 9.17) is 4.74 Å². The number of aliphatic hydroxyl groups is 1. The highest BCUT2D eigenvalue weighted by Crippen LogP contribution is 2.55. The average molecular weight is 410 g/mol. The van der Waals surface area contributed by atoms with Crippen LogP contribution in [0.3, 0.4) is 0 Å². The number of phenols is 1. The summed E-state index contributed by atoms with van der Waals surface area (Å²) in [4.78, 5) is 0. The monoisotopic (exact) mass is 409 g/mol. The van der Waals surface area contributed by atoms with Gasteiger partial charge in [-0.1, -0.05) is 19.9 Å². The van der Waals surface area contributed by atoms with E-state index in [1.165, 1.54) is 12.1 Å². The lowest BCUT2D eigenvalue weighted by molar-refractivity contribution is -0.137. The number of ether oxygens (including phenoxy) is 1. The zero-order valence-electron chi connectivity index (χ0n) is 17.7. The van der Waals surface area contributed by atoms with E-state index in [2.05, 4.69) is 18.4 Å². The summed E-state index contributed by atoms with van der Waals surface area (Å²) in [7, 11) is 0. The maximum absolute atomic E-state index is 13.7. The first kappa shape index (κ1) is 19.6. The first-order valence-corrected chi connectivity index (χ1v) is 10.6. The summed E-state index contributed by atoms with van der Waals surface area (Å²) in [5.74, 6) is -0.0527. The lowest BCUT2D eigenvalue weighted by Crippen LogP contribution is -2.48. The third kappa shape index (κ3) is 2.79. The van der Waals surface area contributed by atoms with Crippen molar-refractivity contribution in [2.75, 3.05) is 6.61 Å². The van der Waals surface area contributed by atoms with Crippen molar-refractivity contribution in [1.29, 1.82) is 0 Å². The molecule has 4 nitrogen and oxygen atoms in total. The molecule has 1 aliphatic carbocycles. The third-order valence-electron chi connectivity index (χ3n) is 7.00. The fourth-order valence-corrected chi connectivity index (χ4v) is 5.31. The largest absolute Gasteiger partial charge is 0.507 e. The molecule has 0 amide bonds. The van der Waals surface area contributed by atoms with Crippen molar-refractivity contribution in [2.24, 2.45) is 0 Å². The van der Waals surface area contributed by atoms with Crippen LogP contribution in [-0.4, -0.2) is 27.0 Å². The summed E-state index contributed by atoms with van der Waals surface area (Å²) in [6, 6.07) is 12.1. The van der Waals surface area contributed by atoms with Crippen LogP contribution in [0, 0.1) is 5.82 Å². The van der Waals surface area contributed by atoms with Gasteiger partial charge in [-0.05, 0) is 69.0 Å². The van der Waals surface area contributed by atoms with E-state index in [-0.39, 0.29) is 17.0 Å². The predicted molar refractivity (Wildman–Crippen MR) is 115 cm³/mol. The van der Waals surface area contributed by atoms with Gasteiger partial charge in [-0.2, -0.15) is 0 Å². The molecule has 5 heteroatoms. The minimum Gasteiger partial charge on any atom is -0.507 e. The second-order valence-electron chi connectivity index (χ2n) is 9.87. The number of hydrogen-bond acceptors (Lipinski definition) is 3. The van der Waals surface area contributed by atoms with Crippen LogP contribution in [0.5, 0.6) is 5.75 Å². The van der Waals surface area contributed by atoms with E-state index in [9.17, 15) is 14.6 Å². The number of fused-ring (bicyclic) bond motifs is 4. The molecule has 1 saturated carbocycles. The standard InChI is InChI=1S/C25H28FNO3/c1-23(2)15-30-25(13-11-24(3,29)12-14-25)21-20-18(5-4-6-19(20)28)27(22(21)23)17-9-7-16(26)8-10-17/h4-10,28-29H,11-15H2,1-3H3/t24-,25+. The molecule has 158 valence electrons. The molecule has 0 saturated heterocycles. The van der Waals surface area contributed by atoms with Gasteiger partial charge in [0.2, 0.25) is 0 Å². The second-order valence-corrected chi connectivity index (χ2v) is 9.87. The highest BCUT2D eigenvalue weighted by Gasteiger charge is 2.51. The Morgan fingerprint density at radius 3 is 2.30 bits per heavy atom. The summed E-state index contributed by atoms with van der Waals surface area (Å²) in [5, 5.41) is 22.3. The Bertz CT molecular complexity index is 1120. The summed E-state index contributed by atoms with van der Waals surface area (Å²) in [5.41, 5.74) is 2.32. The molecule has 30 heavy (non-hydrogen) atoms. The van der Waals surface area contributed by atoms with Crippen molar-refractivity contribution in [2.45, 2.75) is 63.1 Å². The Morgan fingerprint density at radius 2 is 1.63 bits per heavy atom. The molecule has 0 unspecified atom stereocenters. The Hall–Kier alpha value is -2.37. The molecule has 0 atom stereocenters. The van der Waals surface area contributed by atoms with Gasteiger partial charge in [-0.25, -0.2) is 4.39 Å². The summed E-state index contributed by atoms with van der Waals surface area (Å²) in [6.07, 6.45) is 2.67. The number of hydrogen-bond donors (Lipinski definition) is 2. The number of benzene rings is 2. The zero-order chi connectivity index (χ0) is 21.3. The minimum absolute atomic E-state index is 0.225. The number of nitrogens with zero attached hydrogens (tertiary/aromatic N) is 1. The summed E-state index contributed by atoms with van der Waals surface area (Å²) in [6.45, 7) is 6.72. The van der Waals surface area contributed by atoms with Gasteiger partial charge < -0.3 is 19.5 Å². The van der Waals surface area contributed by atoms with Crippen LogP contribution >= 0.6 is 0 Å². The lowest BCUT2D eigenvalue weighted by Gasteiger charge is -2.49. The van der Waals surface area contributed by atoms with Crippen LogP contribution in [0.15, 0.2) is 42.5 Å². The van der Waals surface area contributed by atoms with Crippen LogP contribution < -0.4 is 0 Å². The molecular formula is C25H28FNO3. The van der Waals surface area contributed by atoms with Gasteiger partial charge >= 0.3 is 0 Å². The maximum Gasteiger partial charge on any atom is 0.125 e. The minimum atomic E-state index is -0.695. The van der Waals surface area contributed by atoms with Crippen molar-refractivity contribution in [3.63, 3.8) is 0 Å². The first-order valence-electron chi connectivity index (χ1n) is 10.6. The van der Waals surface area contributed by atoms with Crippen molar-refractivity contribution < 1.29 is 19.3 Å². The highest BCUT2D eigenvalue weighted by molar-refractivity contribution is 5.94. The zero-order valence-corrected chi connectivity index (χ0v) is 17.7. The highest BCUT2D eigenvalue weighted by atomic mass is 19.1. The van der Waals surface area contributed by atoms with Gasteiger partial charge in [0.25, 0.3) is 0 Å². The Labute approximate surface area is 175 Å². The van der Waals surface area contributed by atoms with Gasteiger partial charge in [0.05, 0.1) is 23.3 Å². The number of halogens is 1. The molecular weight excluding hydrogens is 381 g/mol. The SMILES string of the molecule is CC1(C)CO[C@]2(CC[C@@](C)(O)CC2)c2c1n(-c1ccc(F)cc1)c1cccc(O)c12. The van der Waals surface area contributed by atoms with Gasteiger partial charge in [0.15, 0.2) is 0 Å². The molecule has 2 aromatic carbocycles. The van der Waals surface area contributed by atoms with Gasteiger partial charge in [-0.15, -0.1) is 0 Å². The van der Waals surface area contributed by atoms with E-state index in [1.807, 2.05) is 19.1 Å². The van der Waals surface area contributed by atoms with Gasteiger partial charge in [-0.3, -0.25) is 0 Å². The molecule has 0 bridgehead atoms. The summed E-state index contributed by atoms with van der Waals surface area (Å²) < 4.78 is 22.4. The van der Waals surface area contributed by atoms with E-state index in [0.717, 1.165) is 27.8 Å². The van der Waals surface area contributed by atoms with E-state index >= 15 is 0 Å². The molecule has 2 N–H and O–H groups in total. The fraction of sp³-hybridized carbons (Fsp3) is 0.440. The van der Waals surface area contributed by atoms with Crippen LogP contribution in [0.25, 0.3) is 16.6 Å². The fourth-order valence-electron chi connectivity index (χ4n) is 5.31. The molecule has 1 aliphatic heterocycles. The van der Waals surface area contributed by atoms with Crippen molar-refractivity contribution in [1.82, 2.24) is 4.57 Å². The topological polar surface area (TPSA) is 54.6 Å². The van der Waals surface area contributed by atoms with Crippen LogP contribution in [0.1, 0.15) is 57.7 Å². The molecule has 1 fully saturated rings. The van der Waals surface area contributed by atoms with Crippen molar-refractivity contribution in [3.05, 3.63) is 59.5 Å². The Kier molecular flexibility index (Phi) is 4.12. The predicted octanol–water partition coefficient (Wildman–Crippen LogP) is 5.30. The summed E-state index contributed by atoms with van der Waals surface area (Å²) >= 11 is 0. The molecule has 2 heterocycles. The molecule has 0 radical (unpaired) electrons. The van der Waals surface area contributed by atoms with Crippen LogP contribution in [0.2, 0.25) is 0 Å². The number of rotatable bonds is 1. The third-order valence-corrected chi connectivity index (χ3v) is 7.00.